The number of alkyl halides is 3. The number of nitrogens with one attached hydrogen (secondary N) is 1. The highest BCUT2D eigenvalue weighted by Gasteiger charge is 2.32. The van der Waals surface area contributed by atoms with Crippen LogP contribution in [0.25, 0.3) is 27.7 Å². The zero-order chi connectivity index (χ0) is 28.8. The Hall–Kier alpha value is -5.19. The second-order valence-electron chi connectivity index (χ2n) is 9.18. The molecule has 0 bridgehead atoms. The summed E-state index contributed by atoms with van der Waals surface area (Å²) in [7, 11) is 0. The Morgan fingerprint density at radius 3 is 2.42 bits per heavy atom. The lowest BCUT2D eigenvalue weighted by atomic mass is 10.0. The number of halogens is 3. The van der Waals surface area contributed by atoms with E-state index in [9.17, 15) is 33.0 Å². The number of aromatic amines is 1. The molecule has 2 heterocycles. The molecule has 3 aromatic carbocycles. The number of carboxylic acid groups (broad SMARTS) is 1. The molecule has 0 saturated carbocycles. The highest BCUT2D eigenvalue weighted by molar-refractivity contribution is 5.97. The van der Waals surface area contributed by atoms with Crippen LogP contribution in [0.1, 0.15) is 27.0 Å². The highest BCUT2D eigenvalue weighted by Crippen LogP contribution is 2.43. The molecular formula is C29H21F3N4O4. The summed E-state index contributed by atoms with van der Waals surface area (Å²) in [5.41, 5.74) is 1.23. The Labute approximate surface area is 224 Å². The Bertz CT molecular complexity index is 1890. The highest BCUT2D eigenvalue weighted by atomic mass is 19.4. The van der Waals surface area contributed by atoms with E-state index in [2.05, 4.69) is 15.2 Å². The van der Waals surface area contributed by atoms with Gasteiger partial charge in [0, 0.05) is 29.0 Å². The predicted octanol–water partition coefficient (Wildman–Crippen LogP) is 7.44. The molecular weight excluding hydrogens is 525 g/mol. The number of carboxylic acids is 1. The average molecular weight is 547 g/mol. The predicted molar refractivity (Wildman–Crippen MR) is 143 cm³/mol. The number of fused-ring (bicyclic) bond motifs is 1. The van der Waals surface area contributed by atoms with Gasteiger partial charge < -0.3 is 15.2 Å². The average Bonchev–Trinajstić information content (AvgIpc) is 3.19. The number of H-pyrrole nitrogens is 1. The fourth-order valence-electron chi connectivity index (χ4n) is 4.35. The monoisotopic (exact) mass is 546 g/mol. The van der Waals surface area contributed by atoms with Crippen molar-refractivity contribution in [1.29, 1.82) is 0 Å². The van der Waals surface area contributed by atoms with E-state index in [0.29, 0.717) is 11.1 Å². The second kappa shape index (κ2) is 9.84. The van der Waals surface area contributed by atoms with E-state index in [1.807, 2.05) is 26.0 Å². The van der Waals surface area contributed by atoms with Crippen LogP contribution in [0.3, 0.4) is 0 Å². The molecule has 3 N–H and O–H groups in total. The quantitative estimate of drug-likeness (QED) is 0.198. The molecule has 8 nitrogen and oxygen atoms in total. The maximum Gasteiger partial charge on any atom is 0.416 e. The lowest BCUT2D eigenvalue weighted by molar-refractivity contribution is -0.137. The van der Waals surface area contributed by atoms with E-state index in [-0.39, 0.29) is 33.5 Å². The minimum atomic E-state index is -4.68. The standard InChI is InChI=1S/C29H21F3N4O4/c1-15-6-7-17(10-16(15)2)22-13-33-14-23(26(22)37)34-35-25-21-9-8-19(29(30,31)32)12-24(21)36(27(25)38)20-5-3-4-18(11-20)28(39)40/h3-14,38H,1-2H3,(H,33,37)(H,39,40). The molecule has 0 amide bonds. The molecule has 0 unspecified atom stereocenters. The first-order valence-corrected chi connectivity index (χ1v) is 11.9. The number of rotatable bonds is 5. The van der Waals surface area contributed by atoms with Crippen LogP contribution in [0, 0.1) is 13.8 Å². The van der Waals surface area contributed by atoms with Crippen molar-refractivity contribution in [3.8, 4) is 22.7 Å². The Balaban J connectivity index is 1.68. The van der Waals surface area contributed by atoms with Gasteiger partial charge in [0.1, 0.15) is 5.69 Å². The van der Waals surface area contributed by atoms with E-state index >= 15 is 0 Å². The SMILES string of the molecule is Cc1ccc(-c2c[nH]cc(N=Nc3c(O)n(-c4cccc(C(=O)O)c4)c4cc(C(F)(F)F)ccc34)c2=O)cc1C. The van der Waals surface area contributed by atoms with Crippen LogP contribution >= 0.6 is 0 Å². The summed E-state index contributed by atoms with van der Waals surface area (Å²) in [5, 5.41) is 28.7. The maximum atomic E-state index is 13.5. The molecule has 5 rings (SSSR count). The number of aromatic hydroxyl groups is 1. The van der Waals surface area contributed by atoms with Crippen molar-refractivity contribution in [2.24, 2.45) is 10.2 Å². The van der Waals surface area contributed by atoms with Gasteiger partial charge in [-0.15, -0.1) is 10.2 Å². The van der Waals surface area contributed by atoms with Gasteiger partial charge in [-0.2, -0.15) is 13.2 Å². The van der Waals surface area contributed by atoms with Crippen LogP contribution in [-0.4, -0.2) is 25.7 Å². The van der Waals surface area contributed by atoms with Crippen LogP contribution in [0.2, 0.25) is 0 Å². The van der Waals surface area contributed by atoms with E-state index in [1.54, 1.807) is 6.07 Å². The number of hydrogen-bond acceptors (Lipinski definition) is 5. The molecule has 5 aromatic rings. The number of benzene rings is 3. The minimum Gasteiger partial charge on any atom is -0.493 e. The van der Waals surface area contributed by atoms with Gasteiger partial charge in [0.25, 0.3) is 0 Å². The molecule has 11 heteroatoms. The van der Waals surface area contributed by atoms with Gasteiger partial charge in [0.15, 0.2) is 5.69 Å². The summed E-state index contributed by atoms with van der Waals surface area (Å²) < 4.78 is 41.7. The minimum absolute atomic E-state index is 0.0818. The number of aryl methyl sites for hydroxylation is 2. The van der Waals surface area contributed by atoms with Crippen molar-refractivity contribution >= 4 is 28.2 Å². The number of pyridine rings is 1. The number of aromatic nitrogens is 2. The van der Waals surface area contributed by atoms with Crippen LogP contribution in [-0.2, 0) is 6.18 Å². The first-order valence-electron chi connectivity index (χ1n) is 11.9. The van der Waals surface area contributed by atoms with Gasteiger partial charge in [-0.05, 0) is 66.9 Å². The molecule has 0 aliphatic rings. The van der Waals surface area contributed by atoms with Gasteiger partial charge in [0.05, 0.1) is 16.6 Å². The molecule has 40 heavy (non-hydrogen) atoms. The molecule has 0 spiro atoms. The third-order valence-electron chi connectivity index (χ3n) is 6.60. The molecule has 0 radical (unpaired) electrons. The lowest BCUT2D eigenvalue weighted by Crippen LogP contribution is -2.05. The Morgan fingerprint density at radius 2 is 1.73 bits per heavy atom. The zero-order valence-electron chi connectivity index (χ0n) is 21.1. The van der Waals surface area contributed by atoms with E-state index in [4.69, 9.17) is 0 Å². The normalized spacial score (nSPS) is 11.9. The number of nitrogens with zero attached hydrogens (tertiary/aromatic N) is 3. The topological polar surface area (TPSA) is 120 Å². The second-order valence-corrected chi connectivity index (χ2v) is 9.18. The largest absolute Gasteiger partial charge is 0.493 e. The summed E-state index contributed by atoms with van der Waals surface area (Å²) in [6.45, 7) is 3.87. The summed E-state index contributed by atoms with van der Waals surface area (Å²) in [5.74, 6) is -1.83. The fraction of sp³-hybridized carbons (Fsp3) is 0.103. The van der Waals surface area contributed by atoms with Crippen molar-refractivity contribution in [1.82, 2.24) is 9.55 Å². The van der Waals surface area contributed by atoms with E-state index in [1.165, 1.54) is 36.7 Å². The third kappa shape index (κ3) is 4.73. The summed E-state index contributed by atoms with van der Waals surface area (Å²) in [4.78, 5) is 27.6. The Morgan fingerprint density at radius 1 is 0.950 bits per heavy atom. The zero-order valence-corrected chi connectivity index (χ0v) is 21.1. The lowest BCUT2D eigenvalue weighted by Gasteiger charge is -2.10. The summed E-state index contributed by atoms with van der Waals surface area (Å²) in [6, 6.07) is 13.7. The third-order valence-corrected chi connectivity index (χ3v) is 6.60. The Kier molecular flexibility index (Phi) is 6.50. The smallest absolute Gasteiger partial charge is 0.416 e. The molecule has 0 atom stereocenters. The van der Waals surface area contributed by atoms with Gasteiger partial charge in [-0.1, -0.05) is 24.3 Å². The van der Waals surface area contributed by atoms with Gasteiger partial charge in [0.2, 0.25) is 11.3 Å². The van der Waals surface area contributed by atoms with Crippen molar-refractivity contribution in [3.05, 3.63) is 106 Å². The van der Waals surface area contributed by atoms with E-state index < -0.39 is 29.0 Å². The summed E-state index contributed by atoms with van der Waals surface area (Å²) in [6.07, 6.45) is -1.82. The van der Waals surface area contributed by atoms with Gasteiger partial charge >= 0.3 is 12.1 Å². The fourth-order valence-corrected chi connectivity index (χ4v) is 4.35. The number of carbonyl (C=O) groups is 1. The van der Waals surface area contributed by atoms with Crippen molar-refractivity contribution in [2.45, 2.75) is 20.0 Å². The van der Waals surface area contributed by atoms with Crippen LogP contribution in [0.15, 0.2) is 88.1 Å². The molecule has 0 aliphatic carbocycles. The maximum absolute atomic E-state index is 13.5. The summed E-state index contributed by atoms with van der Waals surface area (Å²) >= 11 is 0. The van der Waals surface area contributed by atoms with Crippen molar-refractivity contribution < 1.29 is 28.2 Å². The van der Waals surface area contributed by atoms with E-state index in [0.717, 1.165) is 33.9 Å². The molecule has 0 fully saturated rings. The number of azo groups is 1. The van der Waals surface area contributed by atoms with Crippen molar-refractivity contribution in [3.63, 3.8) is 0 Å². The first kappa shape index (κ1) is 26.4. The molecule has 0 saturated heterocycles. The molecule has 0 aliphatic heterocycles. The number of hydrogen-bond donors (Lipinski definition) is 3. The number of aromatic carboxylic acids is 1. The van der Waals surface area contributed by atoms with Gasteiger partial charge in [-0.3, -0.25) is 9.36 Å². The van der Waals surface area contributed by atoms with Crippen LogP contribution in [0.4, 0.5) is 24.5 Å². The van der Waals surface area contributed by atoms with Crippen molar-refractivity contribution in [2.75, 3.05) is 0 Å². The first-order chi connectivity index (χ1) is 19.0. The molecule has 2 aromatic heterocycles. The van der Waals surface area contributed by atoms with Crippen LogP contribution in [0.5, 0.6) is 5.88 Å². The van der Waals surface area contributed by atoms with Crippen LogP contribution < -0.4 is 5.43 Å². The van der Waals surface area contributed by atoms with Gasteiger partial charge in [-0.25, -0.2) is 4.79 Å². The molecule has 202 valence electrons.